The number of rotatable bonds is 4. The fraction of sp³-hybridized carbons (Fsp3) is 0.222. The molecule has 0 spiro atoms. The van der Waals surface area contributed by atoms with Crippen molar-refractivity contribution in [3.8, 4) is 0 Å². The highest BCUT2D eigenvalue weighted by atomic mass is 31.2. The molecule has 1 rings (SSSR count). The summed E-state index contributed by atoms with van der Waals surface area (Å²) in [4.78, 5) is 27.5. The number of anilines is 1. The standard InChI is InChI=1S/C9H9F3NO5P/c10-9(11,12)8(14)13-7-3-1-6(2-4-7)5-18-19(15,16)17/h1-4H,5H2,(H,13,14)(H2,15,16,17). The first-order valence-corrected chi connectivity index (χ1v) is 6.28. The van der Waals surface area contributed by atoms with E-state index in [9.17, 15) is 22.5 Å². The summed E-state index contributed by atoms with van der Waals surface area (Å²) in [7, 11) is -4.61. The average molecular weight is 299 g/mol. The zero-order valence-electron chi connectivity index (χ0n) is 9.22. The fourth-order valence-corrected chi connectivity index (χ4v) is 1.36. The second kappa shape index (κ2) is 5.70. The maximum atomic E-state index is 11.9. The highest BCUT2D eigenvalue weighted by Crippen LogP contribution is 2.36. The first-order valence-electron chi connectivity index (χ1n) is 4.75. The molecular weight excluding hydrogens is 290 g/mol. The van der Waals surface area contributed by atoms with Crippen LogP contribution in [0.5, 0.6) is 0 Å². The molecule has 1 aromatic rings. The highest BCUT2D eigenvalue weighted by Gasteiger charge is 2.38. The third-order valence-corrected chi connectivity index (χ3v) is 2.33. The summed E-state index contributed by atoms with van der Waals surface area (Å²) >= 11 is 0. The molecule has 0 saturated heterocycles. The average Bonchev–Trinajstić information content (AvgIpc) is 2.26. The number of nitrogens with one attached hydrogen (secondary N) is 1. The van der Waals surface area contributed by atoms with E-state index in [1.54, 1.807) is 5.32 Å². The Labute approximate surface area is 105 Å². The van der Waals surface area contributed by atoms with Crippen molar-refractivity contribution in [2.75, 3.05) is 5.32 Å². The number of hydrogen-bond donors (Lipinski definition) is 3. The highest BCUT2D eigenvalue weighted by molar-refractivity contribution is 7.46. The van der Waals surface area contributed by atoms with Gasteiger partial charge in [0.05, 0.1) is 6.61 Å². The van der Waals surface area contributed by atoms with Crippen LogP contribution in [0.4, 0.5) is 18.9 Å². The molecule has 1 amide bonds. The lowest BCUT2D eigenvalue weighted by atomic mass is 10.2. The van der Waals surface area contributed by atoms with Gasteiger partial charge in [0, 0.05) is 5.69 Å². The van der Waals surface area contributed by atoms with E-state index in [0.29, 0.717) is 5.56 Å². The first kappa shape index (κ1) is 15.6. The zero-order chi connectivity index (χ0) is 14.7. The van der Waals surface area contributed by atoms with Crippen LogP contribution < -0.4 is 5.32 Å². The van der Waals surface area contributed by atoms with Gasteiger partial charge in [-0.15, -0.1) is 0 Å². The Kier molecular flexibility index (Phi) is 4.70. The molecule has 10 heteroatoms. The second-order valence-corrected chi connectivity index (χ2v) is 4.65. The van der Waals surface area contributed by atoms with Crippen molar-refractivity contribution in [3.05, 3.63) is 29.8 Å². The molecule has 0 saturated carbocycles. The van der Waals surface area contributed by atoms with E-state index in [1.807, 2.05) is 0 Å². The van der Waals surface area contributed by atoms with Crippen molar-refractivity contribution in [1.29, 1.82) is 0 Å². The number of carbonyl (C=O) groups is 1. The zero-order valence-corrected chi connectivity index (χ0v) is 10.1. The number of amides is 1. The molecule has 0 aliphatic rings. The van der Waals surface area contributed by atoms with Gasteiger partial charge in [0.1, 0.15) is 0 Å². The molecule has 6 nitrogen and oxygen atoms in total. The van der Waals surface area contributed by atoms with Gasteiger partial charge in [0.25, 0.3) is 0 Å². The predicted octanol–water partition coefficient (Wildman–Crippen LogP) is 1.80. The van der Waals surface area contributed by atoms with Crippen molar-refractivity contribution in [2.45, 2.75) is 12.8 Å². The third-order valence-electron chi connectivity index (χ3n) is 1.87. The summed E-state index contributed by atoms with van der Waals surface area (Å²) in [5.74, 6) is -2.10. The van der Waals surface area contributed by atoms with Gasteiger partial charge in [-0.2, -0.15) is 13.2 Å². The molecule has 0 atom stereocenters. The minimum absolute atomic E-state index is 0.0951. The minimum Gasteiger partial charge on any atom is -0.318 e. The quantitative estimate of drug-likeness (QED) is 0.737. The van der Waals surface area contributed by atoms with Gasteiger partial charge >= 0.3 is 19.9 Å². The van der Waals surface area contributed by atoms with E-state index in [2.05, 4.69) is 4.52 Å². The Bertz CT molecular complexity index is 496. The van der Waals surface area contributed by atoms with Gasteiger partial charge in [0.2, 0.25) is 0 Å². The Morgan fingerprint density at radius 2 is 1.79 bits per heavy atom. The van der Waals surface area contributed by atoms with Crippen LogP contribution in [0.2, 0.25) is 0 Å². The van der Waals surface area contributed by atoms with E-state index in [4.69, 9.17) is 9.79 Å². The molecule has 0 fully saturated rings. The number of alkyl halides is 3. The molecular formula is C9H9F3NO5P. The Morgan fingerprint density at radius 1 is 1.26 bits per heavy atom. The van der Waals surface area contributed by atoms with Crippen LogP contribution in [-0.2, 0) is 20.5 Å². The molecule has 0 heterocycles. The van der Waals surface area contributed by atoms with E-state index >= 15 is 0 Å². The molecule has 0 radical (unpaired) electrons. The smallest absolute Gasteiger partial charge is 0.318 e. The first-order chi connectivity index (χ1) is 8.58. The van der Waals surface area contributed by atoms with Crippen molar-refractivity contribution < 1.29 is 36.8 Å². The van der Waals surface area contributed by atoms with Crippen molar-refractivity contribution in [3.63, 3.8) is 0 Å². The van der Waals surface area contributed by atoms with Crippen LogP contribution in [0.3, 0.4) is 0 Å². The lowest BCUT2D eigenvalue weighted by Crippen LogP contribution is -2.29. The van der Waals surface area contributed by atoms with Gasteiger partial charge < -0.3 is 15.1 Å². The van der Waals surface area contributed by atoms with Crippen LogP contribution in [0.25, 0.3) is 0 Å². The van der Waals surface area contributed by atoms with Crippen molar-refractivity contribution in [1.82, 2.24) is 0 Å². The number of halogens is 3. The van der Waals surface area contributed by atoms with Gasteiger partial charge in [-0.3, -0.25) is 9.32 Å². The number of carbonyl (C=O) groups excluding carboxylic acids is 1. The molecule has 0 aliphatic carbocycles. The summed E-state index contributed by atoms with van der Waals surface area (Å²) in [6.45, 7) is -0.405. The van der Waals surface area contributed by atoms with Crippen molar-refractivity contribution in [2.24, 2.45) is 0 Å². The Morgan fingerprint density at radius 3 is 2.21 bits per heavy atom. The maximum Gasteiger partial charge on any atom is 0.471 e. The normalized spacial score (nSPS) is 12.3. The summed E-state index contributed by atoms with van der Waals surface area (Å²) in [6.07, 6.45) is -4.98. The van der Waals surface area contributed by atoms with Crippen LogP contribution in [0.15, 0.2) is 24.3 Å². The van der Waals surface area contributed by atoms with Crippen LogP contribution >= 0.6 is 7.82 Å². The monoisotopic (exact) mass is 299 g/mol. The van der Waals surface area contributed by atoms with Crippen LogP contribution in [0, 0.1) is 0 Å². The van der Waals surface area contributed by atoms with Gasteiger partial charge in [-0.1, -0.05) is 12.1 Å². The van der Waals surface area contributed by atoms with Crippen LogP contribution in [0.1, 0.15) is 5.56 Å². The summed E-state index contributed by atoms with van der Waals surface area (Å²) in [5.41, 5.74) is 0.232. The summed E-state index contributed by atoms with van der Waals surface area (Å²) < 4.78 is 50.4. The molecule has 19 heavy (non-hydrogen) atoms. The second-order valence-electron chi connectivity index (χ2n) is 3.41. The molecule has 0 bridgehead atoms. The molecule has 1 aromatic carbocycles. The minimum atomic E-state index is -4.98. The lowest BCUT2D eigenvalue weighted by Gasteiger charge is -2.09. The molecule has 106 valence electrons. The van der Waals surface area contributed by atoms with Gasteiger partial charge in [-0.05, 0) is 17.7 Å². The van der Waals surface area contributed by atoms with Crippen molar-refractivity contribution >= 4 is 19.4 Å². The van der Waals surface area contributed by atoms with E-state index < -0.39 is 26.5 Å². The SMILES string of the molecule is O=C(Nc1ccc(COP(=O)(O)O)cc1)C(F)(F)F. The van der Waals surface area contributed by atoms with E-state index in [-0.39, 0.29) is 5.69 Å². The third kappa shape index (κ3) is 5.84. The Hall–Kier alpha value is -1.41. The van der Waals surface area contributed by atoms with E-state index in [1.165, 1.54) is 12.1 Å². The van der Waals surface area contributed by atoms with Crippen LogP contribution in [-0.4, -0.2) is 21.9 Å². The number of benzene rings is 1. The topological polar surface area (TPSA) is 95.9 Å². The summed E-state index contributed by atoms with van der Waals surface area (Å²) in [5, 5.41) is 1.62. The molecule has 0 unspecified atom stereocenters. The number of phosphoric ester groups is 1. The lowest BCUT2D eigenvalue weighted by molar-refractivity contribution is -0.167. The number of hydrogen-bond acceptors (Lipinski definition) is 3. The predicted molar refractivity (Wildman–Crippen MR) is 58.0 cm³/mol. The molecule has 0 aliphatic heterocycles. The van der Waals surface area contributed by atoms with Gasteiger partial charge in [0.15, 0.2) is 0 Å². The fourth-order valence-electron chi connectivity index (χ4n) is 1.04. The maximum absolute atomic E-state index is 11.9. The largest absolute Gasteiger partial charge is 0.471 e. The molecule has 3 N–H and O–H groups in total. The number of phosphoric acid groups is 1. The molecule has 0 aromatic heterocycles. The van der Waals surface area contributed by atoms with E-state index in [0.717, 1.165) is 12.1 Å². The van der Waals surface area contributed by atoms with Gasteiger partial charge in [-0.25, -0.2) is 4.57 Å². The Balaban J connectivity index is 2.62. The summed E-state index contributed by atoms with van der Waals surface area (Å²) in [6, 6.07) is 4.84.